The number of hydrogen-bond donors (Lipinski definition) is 1. The summed E-state index contributed by atoms with van der Waals surface area (Å²) in [6.07, 6.45) is 4.93. The Morgan fingerprint density at radius 2 is 1.92 bits per heavy atom. The van der Waals surface area contributed by atoms with Crippen molar-refractivity contribution < 1.29 is 14.0 Å². The highest BCUT2D eigenvalue weighted by atomic mass is 19.1. The van der Waals surface area contributed by atoms with E-state index in [1.807, 2.05) is 0 Å². The molecule has 8 heteroatoms. The first-order chi connectivity index (χ1) is 12.6. The zero-order valence-electron chi connectivity index (χ0n) is 13.8. The highest BCUT2D eigenvalue weighted by Crippen LogP contribution is 2.23. The van der Waals surface area contributed by atoms with Gasteiger partial charge in [-0.2, -0.15) is 5.10 Å². The third kappa shape index (κ3) is 2.75. The number of halogens is 1. The summed E-state index contributed by atoms with van der Waals surface area (Å²) in [5, 5.41) is 6.94. The molecule has 0 atom stereocenters. The number of para-hydroxylation sites is 1. The molecule has 0 unspecified atom stereocenters. The van der Waals surface area contributed by atoms with E-state index in [0.717, 1.165) is 0 Å². The maximum atomic E-state index is 14.3. The second-order valence-electron chi connectivity index (χ2n) is 5.91. The number of nitrogens with zero attached hydrogens (tertiary/aromatic N) is 4. The largest absolute Gasteiger partial charge is 0.353 e. The Hall–Kier alpha value is -3.42. The summed E-state index contributed by atoms with van der Waals surface area (Å²) in [6, 6.07) is 9.85. The van der Waals surface area contributed by atoms with Crippen LogP contribution in [-0.2, 0) is 4.79 Å². The van der Waals surface area contributed by atoms with E-state index < -0.39 is 5.82 Å². The number of rotatable bonds is 3. The zero-order chi connectivity index (χ0) is 18.1. The van der Waals surface area contributed by atoms with E-state index in [9.17, 15) is 14.0 Å². The lowest BCUT2D eigenvalue weighted by molar-refractivity contribution is -0.123. The molecule has 4 rings (SSSR count). The van der Waals surface area contributed by atoms with Crippen LogP contribution in [0, 0.1) is 5.82 Å². The first-order valence-corrected chi connectivity index (χ1v) is 8.17. The van der Waals surface area contributed by atoms with Crippen LogP contribution in [0.15, 0.2) is 55.0 Å². The number of hydrogen-bond acceptors (Lipinski definition) is 3. The number of amides is 2. The van der Waals surface area contributed by atoms with Gasteiger partial charge >= 0.3 is 0 Å². The maximum absolute atomic E-state index is 14.3. The topological polar surface area (TPSA) is 72.2 Å². The van der Waals surface area contributed by atoms with Gasteiger partial charge in [-0.05, 0) is 24.3 Å². The van der Waals surface area contributed by atoms with E-state index in [2.05, 4.69) is 10.4 Å². The standard InChI is InChI=1S/C18H16FN5O2/c19-14-5-1-2-6-15(14)24-17(22-8-3-4-9-22)13(11-21-24)18(26)23-10-7-20-16(25)12-23/h1-6,8-9,11H,7,10,12H2,(H,20,25). The minimum absolute atomic E-state index is 0.00513. The van der Waals surface area contributed by atoms with Crippen molar-refractivity contribution in [2.75, 3.05) is 19.6 Å². The molecular formula is C18H16FN5O2. The average Bonchev–Trinajstić information content (AvgIpc) is 3.31. The van der Waals surface area contributed by atoms with Crippen LogP contribution in [0.25, 0.3) is 11.5 Å². The van der Waals surface area contributed by atoms with E-state index >= 15 is 0 Å². The summed E-state index contributed by atoms with van der Waals surface area (Å²) in [5.74, 6) is -0.531. The monoisotopic (exact) mass is 353 g/mol. The zero-order valence-corrected chi connectivity index (χ0v) is 13.8. The Kier molecular flexibility index (Phi) is 4.00. The summed E-state index contributed by atoms with van der Waals surface area (Å²) in [7, 11) is 0. The first kappa shape index (κ1) is 16.1. The van der Waals surface area contributed by atoms with Gasteiger partial charge in [0.25, 0.3) is 5.91 Å². The number of aromatic nitrogens is 3. The van der Waals surface area contributed by atoms with Gasteiger partial charge < -0.3 is 14.8 Å². The molecule has 1 saturated heterocycles. The van der Waals surface area contributed by atoms with Crippen molar-refractivity contribution in [3.05, 3.63) is 66.4 Å². The Balaban J connectivity index is 1.82. The van der Waals surface area contributed by atoms with Gasteiger partial charge in [-0.1, -0.05) is 12.1 Å². The average molecular weight is 353 g/mol. The third-order valence-corrected chi connectivity index (χ3v) is 4.23. The van der Waals surface area contributed by atoms with E-state index in [-0.39, 0.29) is 24.0 Å². The van der Waals surface area contributed by atoms with Crippen LogP contribution in [0.4, 0.5) is 4.39 Å². The molecule has 0 aliphatic carbocycles. The molecular weight excluding hydrogens is 337 g/mol. The van der Waals surface area contributed by atoms with Gasteiger partial charge in [-0.25, -0.2) is 9.07 Å². The van der Waals surface area contributed by atoms with E-state index in [4.69, 9.17) is 0 Å². The highest BCUT2D eigenvalue weighted by Gasteiger charge is 2.28. The Morgan fingerprint density at radius 3 is 2.65 bits per heavy atom. The molecule has 132 valence electrons. The van der Waals surface area contributed by atoms with Crippen LogP contribution in [0.2, 0.25) is 0 Å². The Labute approximate surface area is 148 Å². The molecule has 1 aliphatic rings. The van der Waals surface area contributed by atoms with Crippen molar-refractivity contribution in [3.63, 3.8) is 0 Å². The molecule has 1 N–H and O–H groups in total. The molecule has 2 amide bonds. The molecule has 0 bridgehead atoms. The third-order valence-electron chi connectivity index (χ3n) is 4.23. The van der Waals surface area contributed by atoms with Crippen molar-refractivity contribution in [2.45, 2.75) is 0 Å². The Morgan fingerprint density at radius 1 is 1.15 bits per heavy atom. The minimum atomic E-state index is -0.444. The summed E-state index contributed by atoms with van der Waals surface area (Å²) < 4.78 is 17.4. The molecule has 1 aliphatic heterocycles. The van der Waals surface area contributed by atoms with Gasteiger partial charge in [0.1, 0.15) is 17.1 Å². The van der Waals surface area contributed by atoms with Crippen molar-refractivity contribution in [3.8, 4) is 11.5 Å². The fourth-order valence-corrected chi connectivity index (χ4v) is 3.00. The molecule has 7 nitrogen and oxygen atoms in total. The molecule has 0 radical (unpaired) electrons. The maximum Gasteiger partial charge on any atom is 0.259 e. The molecule has 26 heavy (non-hydrogen) atoms. The number of benzene rings is 1. The summed E-state index contributed by atoms with van der Waals surface area (Å²) in [6.45, 7) is 0.820. The predicted octanol–water partition coefficient (Wildman–Crippen LogP) is 1.37. The van der Waals surface area contributed by atoms with E-state index in [1.165, 1.54) is 21.8 Å². The van der Waals surface area contributed by atoms with Crippen LogP contribution in [-0.4, -0.2) is 50.7 Å². The number of carbonyl (C=O) groups is 2. The fraction of sp³-hybridized carbons (Fsp3) is 0.167. The smallest absolute Gasteiger partial charge is 0.259 e. The summed E-state index contributed by atoms with van der Waals surface area (Å²) >= 11 is 0. The Bertz CT molecular complexity index is 964. The summed E-state index contributed by atoms with van der Waals surface area (Å²) in [5.41, 5.74) is 0.547. The molecule has 3 aromatic rings. The first-order valence-electron chi connectivity index (χ1n) is 8.17. The second-order valence-corrected chi connectivity index (χ2v) is 5.91. The van der Waals surface area contributed by atoms with E-state index in [0.29, 0.717) is 24.5 Å². The van der Waals surface area contributed by atoms with Gasteiger partial charge in [0, 0.05) is 25.5 Å². The number of piperazine rings is 1. The highest BCUT2D eigenvalue weighted by molar-refractivity contribution is 5.99. The minimum Gasteiger partial charge on any atom is -0.353 e. The molecule has 0 saturated carbocycles. The SMILES string of the molecule is O=C1CN(C(=O)c2cnn(-c3ccccc3F)c2-n2cccc2)CCN1. The number of nitrogens with one attached hydrogen (secondary N) is 1. The van der Waals surface area contributed by atoms with E-state index in [1.54, 1.807) is 47.3 Å². The van der Waals surface area contributed by atoms with Crippen LogP contribution >= 0.6 is 0 Å². The van der Waals surface area contributed by atoms with Crippen LogP contribution in [0.5, 0.6) is 0 Å². The molecule has 3 heterocycles. The van der Waals surface area contributed by atoms with Gasteiger partial charge in [0.2, 0.25) is 5.91 Å². The molecule has 0 spiro atoms. The second kappa shape index (κ2) is 6.47. The van der Waals surface area contributed by atoms with Crippen molar-refractivity contribution in [1.82, 2.24) is 24.6 Å². The van der Waals surface area contributed by atoms with Crippen molar-refractivity contribution in [2.24, 2.45) is 0 Å². The lowest BCUT2D eigenvalue weighted by Crippen LogP contribution is -2.50. The lowest BCUT2D eigenvalue weighted by Gasteiger charge is -2.26. The van der Waals surface area contributed by atoms with Crippen molar-refractivity contribution >= 4 is 11.8 Å². The van der Waals surface area contributed by atoms with Gasteiger partial charge in [-0.3, -0.25) is 9.59 Å². The van der Waals surface area contributed by atoms with Gasteiger partial charge in [0.15, 0.2) is 5.82 Å². The summed E-state index contributed by atoms with van der Waals surface area (Å²) in [4.78, 5) is 26.1. The van der Waals surface area contributed by atoms with Gasteiger partial charge in [-0.15, -0.1) is 0 Å². The van der Waals surface area contributed by atoms with Crippen LogP contribution < -0.4 is 5.32 Å². The van der Waals surface area contributed by atoms with Gasteiger partial charge in [0.05, 0.1) is 12.7 Å². The number of carbonyl (C=O) groups excluding carboxylic acids is 2. The van der Waals surface area contributed by atoms with Crippen molar-refractivity contribution in [1.29, 1.82) is 0 Å². The molecule has 1 fully saturated rings. The predicted molar refractivity (Wildman–Crippen MR) is 91.8 cm³/mol. The van der Waals surface area contributed by atoms with Crippen LogP contribution in [0.1, 0.15) is 10.4 Å². The van der Waals surface area contributed by atoms with Crippen LogP contribution in [0.3, 0.4) is 0 Å². The normalized spacial score (nSPS) is 14.3. The quantitative estimate of drug-likeness (QED) is 0.773. The molecule has 2 aromatic heterocycles. The fourth-order valence-electron chi connectivity index (χ4n) is 3.00. The lowest BCUT2D eigenvalue weighted by atomic mass is 10.2. The molecule has 1 aromatic carbocycles.